The van der Waals surface area contributed by atoms with Gasteiger partial charge < -0.3 is 9.82 Å². The first kappa shape index (κ1) is 12.1. The summed E-state index contributed by atoms with van der Waals surface area (Å²) in [6, 6.07) is 8.39. The van der Waals surface area contributed by atoms with Gasteiger partial charge in [0.05, 0.1) is 6.61 Å². The van der Waals surface area contributed by atoms with E-state index in [1.54, 1.807) is 0 Å². The van der Waals surface area contributed by atoms with Crippen molar-refractivity contribution < 1.29 is 4.84 Å². The smallest absolute Gasteiger partial charge is 0.0730 e. The average Bonchev–Trinajstić information content (AvgIpc) is 2.70. The Bertz CT molecular complexity index is 488. The van der Waals surface area contributed by atoms with Crippen molar-refractivity contribution in [2.75, 3.05) is 6.61 Å². The molecule has 0 aliphatic heterocycles. The number of H-pyrrole nitrogens is 1. The van der Waals surface area contributed by atoms with E-state index in [0.29, 0.717) is 6.61 Å². The fraction of sp³-hybridized carbons (Fsp3) is 0.429. The van der Waals surface area contributed by atoms with Crippen LogP contribution in [0, 0.1) is 5.41 Å². The van der Waals surface area contributed by atoms with Crippen LogP contribution >= 0.6 is 0 Å². The third-order valence-electron chi connectivity index (χ3n) is 3.22. The van der Waals surface area contributed by atoms with Gasteiger partial charge in [-0.3, -0.25) is 0 Å². The highest BCUT2D eigenvalue weighted by molar-refractivity contribution is 5.82. The number of rotatable bonds is 5. The van der Waals surface area contributed by atoms with Crippen LogP contribution in [0.25, 0.3) is 10.9 Å². The molecule has 1 aromatic heterocycles. The Hall–Kier alpha value is -1.32. The molecule has 0 saturated carbocycles. The van der Waals surface area contributed by atoms with Crippen LogP contribution in [0.1, 0.15) is 25.8 Å². The van der Waals surface area contributed by atoms with Crippen molar-refractivity contribution in [2.24, 2.45) is 11.3 Å². The van der Waals surface area contributed by atoms with Crippen LogP contribution in [0.4, 0.5) is 0 Å². The van der Waals surface area contributed by atoms with Crippen LogP contribution < -0.4 is 5.90 Å². The fourth-order valence-electron chi connectivity index (χ4n) is 2.11. The summed E-state index contributed by atoms with van der Waals surface area (Å²) < 4.78 is 0. The molecular weight excluding hydrogens is 212 g/mol. The molecule has 0 amide bonds. The average molecular weight is 232 g/mol. The zero-order chi connectivity index (χ0) is 12.3. The molecule has 0 bridgehead atoms. The van der Waals surface area contributed by atoms with Gasteiger partial charge in [-0.25, -0.2) is 5.90 Å². The number of aromatic nitrogens is 1. The molecule has 1 heterocycles. The van der Waals surface area contributed by atoms with E-state index in [-0.39, 0.29) is 5.41 Å². The number of fused-ring (bicyclic) bond motifs is 1. The van der Waals surface area contributed by atoms with E-state index in [9.17, 15) is 0 Å². The van der Waals surface area contributed by atoms with Gasteiger partial charge in [-0.05, 0) is 29.9 Å². The highest BCUT2D eigenvalue weighted by Crippen LogP contribution is 2.26. The largest absolute Gasteiger partial charge is 0.361 e. The molecular formula is C14H20N2O. The second-order valence-electron chi connectivity index (χ2n) is 5.33. The van der Waals surface area contributed by atoms with Gasteiger partial charge >= 0.3 is 0 Å². The van der Waals surface area contributed by atoms with Gasteiger partial charge in [-0.1, -0.05) is 32.0 Å². The van der Waals surface area contributed by atoms with Gasteiger partial charge in [0, 0.05) is 17.1 Å². The first-order chi connectivity index (χ1) is 8.12. The van der Waals surface area contributed by atoms with E-state index in [1.165, 1.54) is 16.5 Å². The molecule has 3 N–H and O–H groups in total. The summed E-state index contributed by atoms with van der Waals surface area (Å²) in [5, 5.41) is 1.32. The monoisotopic (exact) mass is 232 g/mol. The third kappa shape index (κ3) is 2.87. The molecule has 1 aromatic carbocycles. The lowest BCUT2D eigenvalue weighted by Gasteiger charge is -2.22. The molecule has 0 atom stereocenters. The van der Waals surface area contributed by atoms with Gasteiger partial charge in [-0.15, -0.1) is 0 Å². The minimum Gasteiger partial charge on any atom is -0.361 e. The van der Waals surface area contributed by atoms with Gasteiger partial charge in [0.1, 0.15) is 0 Å². The second kappa shape index (κ2) is 4.90. The Morgan fingerprint density at radius 3 is 2.82 bits per heavy atom. The van der Waals surface area contributed by atoms with E-state index in [4.69, 9.17) is 10.7 Å². The molecule has 0 aliphatic carbocycles. The van der Waals surface area contributed by atoms with Gasteiger partial charge in [0.15, 0.2) is 0 Å². The first-order valence-corrected chi connectivity index (χ1v) is 5.99. The Labute approximate surface area is 102 Å². The van der Waals surface area contributed by atoms with Crippen LogP contribution in [0.3, 0.4) is 0 Å². The zero-order valence-electron chi connectivity index (χ0n) is 10.5. The van der Waals surface area contributed by atoms with Crippen molar-refractivity contribution in [1.29, 1.82) is 0 Å². The van der Waals surface area contributed by atoms with Crippen LogP contribution in [0.5, 0.6) is 0 Å². The minimum atomic E-state index is 0.118. The highest BCUT2D eigenvalue weighted by atomic mass is 16.6. The standard InChI is InChI=1S/C14H20N2O/c1-14(2,10-17-15)8-7-11-9-16-13-6-4-3-5-12(11)13/h3-6,9,16H,7-8,10,15H2,1-2H3. The number of benzene rings is 1. The molecule has 0 spiro atoms. The normalized spacial score (nSPS) is 12.2. The molecule has 0 unspecified atom stereocenters. The zero-order valence-corrected chi connectivity index (χ0v) is 10.5. The number of hydrogen-bond acceptors (Lipinski definition) is 2. The Morgan fingerprint density at radius 1 is 1.29 bits per heavy atom. The third-order valence-corrected chi connectivity index (χ3v) is 3.22. The number of nitrogens with two attached hydrogens (primary N) is 1. The van der Waals surface area contributed by atoms with E-state index >= 15 is 0 Å². The number of hydrogen-bond donors (Lipinski definition) is 2. The maximum absolute atomic E-state index is 5.15. The van der Waals surface area contributed by atoms with Crippen LogP contribution in [0.15, 0.2) is 30.5 Å². The Balaban J connectivity index is 2.09. The summed E-state index contributed by atoms with van der Waals surface area (Å²) in [7, 11) is 0. The number of nitrogens with one attached hydrogen (secondary N) is 1. The molecule has 3 nitrogen and oxygen atoms in total. The molecule has 0 aliphatic rings. The summed E-state index contributed by atoms with van der Waals surface area (Å²) in [5.41, 5.74) is 2.69. The van der Waals surface area contributed by atoms with Gasteiger partial charge in [0.25, 0.3) is 0 Å². The topological polar surface area (TPSA) is 51.0 Å². The summed E-state index contributed by atoms with van der Waals surface area (Å²) >= 11 is 0. The number of aryl methyl sites for hydroxylation is 1. The van der Waals surface area contributed by atoms with E-state index in [1.807, 2.05) is 0 Å². The summed E-state index contributed by atoms with van der Waals surface area (Å²) in [5.74, 6) is 5.15. The second-order valence-corrected chi connectivity index (χ2v) is 5.33. The van der Waals surface area contributed by atoms with E-state index in [0.717, 1.165) is 12.8 Å². The summed E-state index contributed by atoms with van der Waals surface area (Å²) in [6.07, 6.45) is 4.20. The van der Waals surface area contributed by atoms with Crippen molar-refractivity contribution in [2.45, 2.75) is 26.7 Å². The lowest BCUT2D eigenvalue weighted by molar-refractivity contribution is 0.0584. The lowest BCUT2D eigenvalue weighted by atomic mass is 9.87. The Morgan fingerprint density at radius 2 is 2.06 bits per heavy atom. The van der Waals surface area contributed by atoms with Crippen molar-refractivity contribution in [3.63, 3.8) is 0 Å². The highest BCUT2D eigenvalue weighted by Gasteiger charge is 2.18. The van der Waals surface area contributed by atoms with E-state index < -0.39 is 0 Å². The molecule has 17 heavy (non-hydrogen) atoms. The number of aromatic amines is 1. The predicted molar refractivity (Wildman–Crippen MR) is 70.5 cm³/mol. The summed E-state index contributed by atoms with van der Waals surface area (Å²) in [4.78, 5) is 8.06. The predicted octanol–water partition coefficient (Wildman–Crippen LogP) is 3.02. The van der Waals surface area contributed by atoms with Crippen molar-refractivity contribution in [3.8, 4) is 0 Å². The van der Waals surface area contributed by atoms with Gasteiger partial charge in [-0.2, -0.15) is 0 Å². The van der Waals surface area contributed by atoms with Crippen molar-refractivity contribution in [3.05, 3.63) is 36.0 Å². The molecule has 2 rings (SSSR count). The minimum absolute atomic E-state index is 0.118. The molecule has 2 aromatic rings. The summed E-state index contributed by atoms with van der Waals surface area (Å²) in [6.45, 7) is 4.94. The maximum Gasteiger partial charge on any atom is 0.0730 e. The van der Waals surface area contributed by atoms with Crippen molar-refractivity contribution in [1.82, 2.24) is 4.98 Å². The van der Waals surface area contributed by atoms with Crippen LogP contribution in [0.2, 0.25) is 0 Å². The SMILES string of the molecule is CC(C)(CCc1c[nH]c2ccccc12)CON. The molecule has 92 valence electrons. The quantitative estimate of drug-likeness (QED) is 0.778. The van der Waals surface area contributed by atoms with Crippen LogP contribution in [-0.2, 0) is 11.3 Å². The van der Waals surface area contributed by atoms with Crippen LogP contribution in [-0.4, -0.2) is 11.6 Å². The fourth-order valence-corrected chi connectivity index (χ4v) is 2.11. The number of para-hydroxylation sites is 1. The lowest BCUT2D eigenvalue weighted by Crippen LogP contribution is -2.22. The maximum atomic E-state index is 5.15. The molecule has 0 saturated heterocycles. The van der Waals surface area contributed by atoms with Crippen molar-refractivity contribution >= 4 is 10.9 Å². The van der Waals surface area contributed by atoms with E-state index in [2.05, 4.69) is 49.3 Å². The molecule has 0 radical (unpaired) electrons. The molecule has 0 fully saturated rings. The Kier molecular flexibility index (Phi) is 3.50. The van der Waals surface area contributed by atoms with Gasteiger partial charge in [0.2, 0.25) is 0 Å². The molecule has 3 heteroatoms. The first-order valence-electron chi connectivity index (χ1n) is 5.99.